The molecule has 1 N–H and O–H groups in total. The topological polar surface area (TPSA) is 32.7 Å². The molecule has 0 spiro atoms. The smallest absolute Gasteiger partial charge is 0.118 e. The molecule has 0 fully saturated rings. The van der Waals surface area contributed by atoms with E-state index in [0.29, 0.717) is 6.54 Å². The molecular formula is C13H17NO2. The highest BCUT2D eigenvalue weighted by molar-refractivity contribution is 5.27. The quantitative estimate of drug-likeness (QED) is 0.781. The summed E-state index contributed by atoms with van der Waals surface area (Å²) in [5.41, 5.74) is 1.24. The zero-order chi connectivity index (χ0) is 11.4. The van der Waals surface area contributed by atoms with Crippen molar-refractivity contribution in [1.82, 2.24) is 4.90 Å². The number of aliphatic hydroxyl groups is 1. The van der Waals surface area contributed by atoms with E-state index in [4.69, 9.17) is 4.74 Å². The van der Waals surface area contributed by atoms with Crippen LogP contribution in [-0.2, 0) is 6.54 Å². The van der Waals surface area contributed by atoms with Gasteiger partial charge in [-0.3, -0.25) is 4.90 Å². The molecule has 2 rings (SSSR count). The number of aliphatic hydroxyl groups excluding tert-OH is 1. The minimum Gasteiger partial charge on any atom is -0.497 e. The molecule has 0 aliphatic carbocycles. The van der Waals surface area contributed by atoms with Crippen LogP contribution in [0.1, 0.15) is 5.56 Å². The Labute approximate surface area is 96.0 Å². The van der Waals surface area contributed by atoms with Crippen molar-refractivity contribution in [2.75, 3.05) is 20.2 Å². The Hall–Kier alpha value is -1.32. The molecule has 1 aromatic rings. The number of ether oxygens (including phenoxy) is 1. The van der Waals surface area contributed by atoms with E-state index in [9.17, 15) is 5.11 Å². The van der Waals surface area contributed by atoms with Crippen molar-refractivity contribution in [1.29, 1.82) is 0 Å². The molecule has 0 bridgehead atoms. The second-order valence-electron chi connectivity index (χ2n) is 4.04. The molecule has 86 valence electrons. The van der Waals surface area contributed by atoms with Gasteiger partial charge in [0.15, 0.2) is 0 Å². The van der Waals surface area contributed by atoms with Crippen molar-refractivity contribution in [2.24, 2.45) is 0 Å². The first-order valence-electron chi connectivity index (χ1n) is 5.48. The first-order chi connectivity index (χ1) is 7.78. The molecule has 0 unspecified atom stereocenters. The average molecular weight is 219 g/mol. The average Bonchev–Trinajstić information content (AvgIpc) is 2.30. The van der Waals surface area contributed by atoms with Crippen LogP contribution in [0.5, 0.6) is 5.75 Å². The van der Waals surface area contributed by atoms with Crippen LogP contribution >= 0.6 is 0 Å². The van der Waals surface area contributed by atoms with Crippen LogP contribution in [-0.4, -0.2) is 36.3 Å². The largest absolute Gasteiger partial charge is 0.497 e. The maximum atomic E-state index is 9.49. The number of nitrogens with zero attached hydrogens (tertiary/aromatic N) is 1. The summed E-state index contributed by atoms with van der Waals surface area (Å²) in [5.74, 6) is 0.877. The third kappa shape index (κ3) is 2.84. The maximum absolute atomic E-state index is 9.49. The summed E-state index contributed by atoms with van der Waals surface area (Å²) in [6, 6.07) is 8.05. The van der Waals surface area contributed by atoms with Crippen molar-refractivity contribution in [3.63, 3.8) is 0 Å². The Kier molecular flexibility index (Phi) is 3.59. The second kappa shape index (κ2) is 5.14. The fraction of sp³-hybridized carbons (Fsp3) is 0.385. The third-order valence-electron chi connectivity index (χ3n) is 2.73. The van der Waals surface area contributed by atoms with E-state index in [0.717, 1.165) is 18.8 Å². The molecule has 16 heavy (non-hydrogen) atoms. The van der Waals surface area contributed by atoms with Crippen molar-refractivity contribution < 1.29 is 9.84 Å². The van der Waals surface area contributed by atoms with Crippen molar-refractivity contribution >= 4 is 0 Å². The van der Waals surface area contributed by atoms with Crippen molar-refractivity contribution in [2.45, 2.75) is 12.6 Å². The Morgan fingerprint density at radius 2 is 2.12 bits per heavy atom. The summed E-state index contributed by atoms with van der Waals surface area (Å²) in [6.45, 7) is 2.48. The molecule has 0 radical (unpaired) electrons. The molecule has 3 nitrogen and oxygen atoms in total. The van der Waals surface area contributed by atoms with Gasteiger partial charge < -0.3 is 9.84 Å². The lowest BCUT2D eigenvalue weighted by Gasteiger charge is -2.26. The first-order valence-corrected chi connectivity index (χ1v) is 5.48. The van der Waals surface area contributed by atoms with Crippen LogP contribution in [0.25, 0.3) is 0 Å². The predicted molar refractivity (Wildman–Crippen MR) is 63.4 cm³/mol. The van der Waals surface area contributed by atoms with Crippen LogP contribution in [0.4, 0.5) is 0 Å². The summed E-state index contributed by atoms with van der Waals surface area (Å²) >= 11 is 0. The number of β-amino-alcohol motifs (C(OH)–C–C–N with tert-alkyl or cyclic N) is 1. The van der Waals surface area contributed by atoms with Crippen LogP contribution in [0.2, 0.25) is 0 Å². The lowest BCUT2D eigenvalue weighted by molar-refractivity contribution is 0.140. The van der Waals surface area contributed by atoms with E-state index in [1.807, 2.05) is 24.3 Å². The summed E-state index contributed by atoms with van der Waals surface area (Å²) in [5, 5.41) is 9.49. The normalized spacial score (nSPS) is 21.0. The molecule has 1 atom stereocenters. The lowest BCUT2D eigenvalue weighted by atomic mass is 10.1. The summed E-state index contributed by atoms with van der Waals surface area (Å²) in [4.78, 5) is 2.21. The Morgan fingerprint density at radius 1 is 1.38 bits per heavy atom. The monoisotopic (exact) mass is 219 g/mol. The molecule has 0 aromatic heterocycles. The molecule has 1 aromatic carbocycles. The van der Waals surface area contributed by atoms with Crippen LogP contribution in [0.3, 0.4) is 0 Å². The van der Waals surface area contributed by atoms with Gasteiger partial charge >= 0.3 is 0 Å². The molecule has 1 aliphatic heterocycles. The lowest BCUT2D eigenvalue weighted by Crippen LogP contribution is -2.34. The van der Waals surface area contributed by atoms with E-state index in [1.54, 1.807) is 7.11 Å². The SMILES string of the molecule is COc1ccc(CN2CC=C[C@H](O)C2)cc1. The van der Waals surface area contributed by atoms with Gasteiger partial charge in [0, 0.05) is 19.6 Å². The van der Waals surface area contributed by atoms with Gasteiger partial charge in [0.25, 0.3) is 0 Å². The Morgan fingerprint density at radius 3 is 2.75 bits per heavy atom. The van der Waals surface area contributed by atoms with Crippen LogP contribution < -0.4 is 4.74 Å². The fourth-order valence-corrected chi connectivity index (χ4v) is 1.89. The Balaban J connectivity index is 1.95. The van der Waals surface area contributed by atoms with Gasteiger partial charge in [-0.05, 0) is 17.7 Å². The highest BCUT2D eigenvalue weighted by Gasteiger charge is 2.12. The molecule has 1 aliphatic rings. The number of rotatable bonds is 3. The zero-order valence-corrected chi connectivity index (χ0v) is 9.47. The van der Waals surface area contributed by atoms with Gasteiger partial charge in [-0.25, -0.2) is 0 Å². The van der Waals surface area contributed by atoms with Crippen LogP contribution in [0.15, 0.2) is 36.4 Å². The predicted octanol–water partition coefficient (Wildman–Crippen LogP) is 1.43. The Bertz CT molecular complexity index is 359. The highest BCUT2D eigenvalue weighted by Crippen LogP contribution is 2.14. The molecule has 0 amide bonds. The maximum Gasteiger partial charge on any atom is 0.118 e. The van der Waals surface area contributed by atoms with E-state index in [-0.39, 0.29) is 6.10 Å². The molecule has 3 heteroatoms. The minimum atomic E-state index is -0.327. The zero-order valence-electron chi connectivity index (χ0n) is 9.47. The van der Waals surface area contributed by atoms with E-state index < -0.39 is 0 Å². The first kappa shape index (κ1) is 11.2. The van der Waals surface area contributed by atoms with E-state index >= 15 is 0 Å². The van der Waals surface area contributed by atoms with Gasteiger partial charge in [0.05, 0.1) is 13.2 Å². The van der Waals surface area contributed by atoms with Gasteiger partial charge in [0.1, 0.15) is 5.75 Å². The van der Waals surface area contributed by atoms with Gasteiger partial charge in [-0.1, -0.05) is 24.3 Å². The number of hydrogen-bond acceptors (Lipinski definition) is 3. The second-order valence-corrected chi connectivity index (χ2v) is 4.04. The fourth-order valence-electron chi connectivity index (χ4n) is 1.89. The van der Waals surface area contributed by atoms with Crippen molar-refractivity contribution in [3.8, 4) is 5.75 Å². The van der Waals surface area contributed by atoms with Crippen molar-refractivity contribution in [3.05, 3.63) is 42.0 Å². The third-order valence-corrected chi connectivity index (χ3v) is 2.73. The number of benzene rings is 1. The molecular weight excluding hydrogens is 202 g/mol. The molecule has 0 saturated carbocycles. The highest BCUT2D eigenvalue weighted by atomic mass is 16.5. The number of methoxy groups -OCH3 is 1. The standard InChI is InChI=1S/C13H17NO2/c1-16-13-6-4-11(5-7-13)9-14-8-2-3-12(15)10-14/h2-7,12,15H,8-10H2,1H3/t12-/m0/s1. The van der Waals surface area contributed by atoms with Gasteiger partial charge in [-0.15, -0.1) is 0 Å². The minimum absolute atomic E-state index is 0.327. The van der Waals surface area contributed by atoms with Crippen LogP contribution in [0, 0.1) is 0 Å². The number of hydrogen-bond donors (Lipinski definition) is 1. The van der Waals surface area contributed by atoms with Gasteiger partial charge in [-0.2, -0.15) is 0 Å². The summed E-state index contributed by atoms with van der Waals surface area (Å²) < 4.78 is 5.11. The summed E-state index contributed by atoms with van der Waals surface area (Å²) in [6.07, 6.45) is 3.54. The molecule has 0 saturated heterocycles. The molecule has 1 heterocycles. The van der Waals surface area contributed by atoms with Gasteiger partial charge in [0.2, 0.25) is 0 Å². The van der Waals surface area contributed by atoms with E-state index in [1.165, 1.54) is 5.56 Å². The summed E-state index contributed by atoms with van der Waals surface area (Å²) in [7, 11) is 1.67. The van der Waals surface area contributed by atoms with E-state index in [2.05, 4.69) is 17.0 Å².